The molecule has 0 aliphatic carbocycles. The number of nitrogens with zero attached hydrogens (tertiary/aromatic N) is 4. The number of rotatable bonds is 4. The Morgan fingerprint density at radius 1 is 1.16 bits per heavy atom. The molecule has 1 saturated heterocycles. The summed E-state index contributed by atoms with van der Waals surface area (Å²) in [6, 6.07) is 6.83. The molecule has 1 amide bonds. The molecule has 2 aromatic rings. The van der Waals surface area contributed by atoms with E-state index in [-0.39, 0.29) is 5.91 Å². The maximum absolute atomic E-state index is 12.6. The quantitative estimate of drug-likeness (QED) is 0.878. The molecule has 132 valence electrons. The van der Waals surface area contributed by atoms with Gasteiger partial charge < -0.3 is 15.5 Å². The van der Waals surface area contributed by atoms with Gasteiger partial charge >= 0.3 is 0 Å². The number of halogens is 2. The van der Waals surface area contributed by atoms with Crippen molar-refractivity contribution in [2.75, 3.05) is 31.1 Å². The highest BCUT2D eigenvalue weighted by Gasteiger charge is 2.26. The van der Waals surface area contributed by atoms with Crippen molar-refractivity contribution in [3.63, 3.8) is 0 Å². The van der Waals surface area contributed by atoms with E-state index in [4.69, 9.17) is 28.9 Å². The summed E-state index contributed by atoms with van der Waals surface area (Å²) in [6.07, 6.45) is 3.54. The molecule has 6 nitrogen and oxygen atoms in total. The highest BCUT2D eigenvalue weighted by atomic mass is 35.5. The fraction of sp³-hybridized carbons (Fsp3) is 0.353. The molecule has 3 rings (SSSR count). The lowest BCUT2D eigenvalue weighted by molar-refractivity contribution is -0.132. The lowest BCUT2D eigenvalue weighted by Crippen LogP contribution is -2.53. The van der Waals surface area contributed by atoms with Crippen molar-refractivity contribution in [1.82, 2.24) is 14.9 Å². The number of amides is 1. The van der Waals surface area contributed by atoms with Gasteiger partial charge in [0, 0.05) is 31.2 Å². The second kappa shape index (κ2) is 7.99. The topological polar surface area (TPSA) is 75.4 Å². The van der Waals surface area contributed by atoms with Gasteiger partial charge in [-0.2, -0.15) is 0 Å². The van der Waals surface area contributed by atoms with Gasteiger partial charge in [-0.25, -0.2) is 9.97 Å². The molecule has 0 spiro atoms. The van der Waals surface area contributed by atoms with Gasteiger partial charge in [0.1, 0.15) is 11.3 Å². The summed E-state index contributed by atoms with van der Waals surface area (Å²) in [5.41, 5.74) is 7.11. The van der Waals surface area contributed by atoms with Crippen LogP contribution in [0.3, 0.4) is 0 Å². The van der Waals surface area contributed by atoms with Crippen LogP contribution in [0.15, 0.2) is 36.8 Å². The number of piperazine rings is 1. The van der Waals surface area contributed by atoms with Crippen molar-refractivity contribution in [2.45, 2.75) is 12.5 Å². The third-order valence-electron chi connectivity index (χ3n) is 4.23. The number of anilines is 1. The van der Waals surface area contributed by atoms with Gasteiger partial charge in [0.2, 0.25) is 5.91 Å². The monoisotopic (exact) mass is 379 g/mol. The smallest absolute Gasteiger partial charge is 0.239 e. The fourth-order valence-electron chi connectivity index (χ4n) is 2.87. The maximum atomic E-state index is 12.6. The van der Waals surface area contributed by atoms with Crippen LogP contribution < -0.4 is 10.6 Å². The number of aromatic nitrogens is 2. The van der Waals surface area contributed by atoms with E-state index in [1.54, 1.807) is 23.2 Å². The van der Waals surface area contributed by atoms with Crippen LogP contribution in [0.4, 0.5) is 5.82 Å². The van der Waals surface area contributed by atoms with E-state index in [1.807, 2.05) is 12.1 Å². The van der Waals surface area contributed by atoms with Gasteiger partial charge in [0.15, 0.2) is 5.82 Å². The molecule has 2 N–H and O–H groups in total. The summed E-state index contributed by atoms with van der Waals surface area (Å²) in [6.45, 7) is 2.51. The molecule has 2 heterocycles. The van der Waals surface area contributed by atoms with E-state index in [2.05, 4.69) is 14.9 Å². The second-order valence-corrected chi connectivity index (χ2v) is 6.79. The summed E-state index contributed by atoms with van der Waals surface area (Å²) < 4.78 is 0. The number of carbonyl (C=O) groups is 1. The Morgan fingerprint density at radius 2 is 1.84 bits per heavy atom. The Balaban J connectivity index is 1.56. The minimum Gasteiger partial charge on any atom is -0.352 e. The van der Waals surface area contributed by atoms with Crippen LogP contribution in [-0.4, -0.2) is 53.0 Å². The number of nitrogens with two attached hydrogens (primary N) is 1. The first-order valence-corrected chi connectivity index (χ1v) is 8.79. The van der Waals surface area contributed by atoms with Gasteiger partial charge in [0.05, 0.1) is 12.2 Å². The molecule has 1 unspecified atom stereocenters. The molecular formula is C17H19Cl2N5O. The largest absolute Gasteiger partial charge is 0.352 e. The number of benzene rings is 1. The Hall–Kier alpha value is -1.89. The van der Waals surface area contributed by atoms with Gasteiger partial charge in [-0.15, -0.1) is 0 Å². The molecule has 1 aliphatic heterocycles. The van der Waals surface area contributed by atoms with Crippen molar-refractivity contribution in [2.24, 2.45) is 5.73 Å². The lowest BCUT2D eigenvalue weighted by Gasteiger charge is -2.36. The molecule has 1 aliphatic rings. The Morgan fingerprint density at radius 3 is 2.48 bits per heavy atom. The molecule has 1 atom stereocenters. The molecule has 0 saturated carbocycles. The minimum atomic E-state index is -0.560. The number of hydrogen-bond acceptors (Lipinski definition) is 5. The van der Waals surface area contributed by atoms with Crippen LogP contribution in [0, 0.1) is 0 Å². The number of hydrogen-bond donors (Lipinski definition) is 1. The second-order valence-electron chi connectivity index (χ2n) is 5.94. The summed E-state index contributed by atoms with van der Waals surface area (Å²) in [7, 11) is 0. The van der Waals surface area contributed by atoms with Gasteiger partial charge in [-0.05, 0) is 24.1 Å². The highest BCUT2D eigenvalue weighted by Crippen LogP contribution is 2.22. The molecule has 0 bridgehead atoms. The van der Waals surface area contributed by atoms with E-state index in [0.717, 1.165) is 5.56 Å². The molecule has 1 aromatic carbocycles. The zero-order chi connectivity index (χ0) is 17.8. The number of carbonyl (C=O) groups excluding carboxylic acids is 1. The van der Waals surface area contributed by atoms with Crippen molar-refractivity contribution < 1.29 is 4.79 Å². The molecule has 1 aromatic heterocycles. The molecule has 8 heteroatoms. The zero-order valence-electron chi connectivity index (χ0n) is 13.6. The van der Waals surface area contributed by atoms with E-state index in [1.165, 1.54) is 6.33 Å². The van der Waals surface area contributed by atoms with Crippen molar-refractivity contribution in [3.8, 4) is 0 Å². The van der Waals surface area contributed by atoms with Crippen LogP contribution in [0.5, 0.6) is 0 Å². The molecule has 0 radical (unpaired) electrons. The summed E-state index contributed by atoms with van der Waals surface area (Å²) in [5.74, 6) is 0.664. The lowest BCUT2D eigenvalue weighted by atomic mass is 10.1. The van der Waals surface area contributed by atoms with Crippen LogP contribution in [-0.2, 0) is 11.2 Å². The van der Waals surface area contributed by atoms with Crippen LogP contribution in [0.25, 0.3) is 0 Å². The fourth-order valence-corrected chi connectivity index (χ4v) is 3.22. The van der Waals surface area contributed by atoms with Crippen LogP contribution in [0.1, 0.15) is 5.56 Å². The maximum Gasteiger partial charge on any atom is 0.239 e. The highest BCUT2D eigenvalue weighted by molar-refractivity contribution is 6.32. The molecule has 1 fully saturated rings. The minimum absolute atomic E-state index is 0.0385. The third-order valence-corrected chi connectivity index (χ3v) is 4.74. The Bertz CT molecular complexity index is 732. The zero-order valence-corrected chi connectivity index (χ0v) is 15.1. The third kappa shape index (κ3) is 4.39. The molecule has 25 heavy (non-hydrogen) atoms. The van der Waals surface area contributed by atoms with Crippen LogP contribution in [0.2, 0.25) is 10.0 Å². The van der Waals surface area contributed by atoms with Crippen molar-refractivity contribution in [3.05, 3.63) is 52.4 Å². The van der Waals surface area contributed by atoms with E-state index in [0.29, 0.717) is 48.5 Å². The first-order valence-electron chi connectivity index (χ1n) is 8.04. The summed E-state index contributed by atoms with van der Waals surface area (Å²) in [4.78, 5) is 24.5. The van der Waals surface area contributed by atoms with Gasteiger partial charge in [-0.1, -0.05) is 35.3 Å². The Kier molecular flexibility index (Phi) is 5.73. The van der Waals surface area contributed by atoms with Gasteiger partial charge in [0.25, 0.3) is 0 Å². The van der Waals surface area contributed by atoms with E-state index >= 15 is 0 Å². The molecular weight excluding hydrogens is 361 g/mol. The first kappa shape index (κ1) is 17.9. The summed E-state index contributed by atoms with van der Waals surface area (Å²) >= 11 is 12.0. The summed E-state index contributed by atoms with van der Waals surface area (Å²) in [5, 5.41) is 1.19. The van der Waals surface area contributed by atoms with Crippen LogP contribution >= 0.6 is 23.2 Å². The average molecular weight is 380 g/mol. The first-order chi connectivity index (χ1) is 12.0. The predicted octanol–water partition coefficient (Wildman–Crippen LogP) is 2.00. The predicted molar refractivity (Wildman–Crippen MR) is 99.0 cm³/mol. The van der Waals surface area contributed by atoms with Crippen molar-refractivity contribution >= 4 is 34.9 Å². The normalized spacial score (nSPS) is 16.0. The average Bonchev–Trinajstić information content (AvgIpc) is 2.63. The van der Waals surface area contributed by atoms with Gasteiger partial charge in [-0.3, -0.25) is 4.79 Å². The Labute approximate surface area is 156 Å². The van der Waals surface area contributed by atoms with Crippen molar-refractivity contribution in [1.29, 1.82) is 0 Å². The SMILES string of the molecule is NC(Cc1ccc(Cl)cc1)C(=O)N1CCN(c2ncncc2Cl)CC1. The standard InChI is InChI=1S/C17H19Cl2N5O/c18-13-3-1-12(2-4-13)9-15(20)17(25)24-7-5-23(6-8-24)16-14(19)10-21-11-22-16/h1-4,10-11,15H,5-9,20H2. The van der Waals surface area contributed by atoms with E-state index < -0.39 is 6.04 Å². The van der Waals surface area contributed by atoms with E-state index in [9.17, 15) is 4.79 Å².